The van der Waals surface area contributed by atoms with Crippen LogP contribution < -0.4 is 21.5 Å². The van der Waals surface area contributed by atoms with E-state index in [1.165, 1.54) is 28.1 Å². The van der Waals surface area contributed by atoms with Crippen molar-refractivity contribution in [3.8, 4) is 0 Å². The van der Waals surface area contributed by atoms with Crippen molar-refractivity contribution >= 4 is 51.6 Å². The van der Waals surface area contributed by atoms with Crippen LogP contribution in [0.3, 0.4) is 0 Å². The Hall–Kier alpha value is -3.45. The zero-order valence-electron chi connectivity index (χ0n) is 21.1. The van der Waals surface area contributed by atoms with Gasteiger partial charge in [0.05, 0.1) is 5.75 Å². The van der Waals surface area contributed by atoms with Gasteiger partial charge in [0.1, 0.15) is 4.24 Å². The van der Waals surface area contributed by atoms with E-state index < -0.39 is 0 Å². The number of fused-ring (bicyclic) bond motifs is 1. The normalized spacial score (nSPS) is 11.4. The van der Waals surface area contributed by atoms with Crippen LogP contribution in [0.25, 0.3) is 16.5 Å². The molecule has 0 atom stereocenters. The zero-order valence-corrected chi connectivity index (χ0v) is 24.3. The summed E-state index contributed by atoms with van der Waals surface area (Å²) in [5.41, 5.74) is 3.01. The van der Waals surface area contributed by atoms with E-state index in [2.05, 4.69) is 30.3 Å². The summed E-state index contributed by atoms with van der Waals surface area (Å²) in [6.07, 6.45) is 3.77. The van der Waals surface area contributed by atoms with Gasteiger partial charge in [-0.05, 0) is 16.3 Å². The molecule has 0 unspecified atom stereocenters. The van der Waals surface area contributed by atoms with E-state index in [0.717, 1.165) is 4.24 Å². The first kappa shape index (κ1) is 28.6. The molecule has 0 aliphatic heterocycles. The lowest BCUT2D eigenvalue weighted by Gasteiger charge is -2.12. The number of carbonyl (C=O) groups is 2. The van der Waals surface area contributed by atoms with Crippen molar-refractivity contribution in [2.45, 2.75) is 5.75 Å². The highest BCUT2D eigenvalue weighted by atomic mass is 79.9. The predicted molar refractivity (Wildman–Crippen MR) is 159 cm³/mol. The van der Waals surface area contributed by atoms with Crippen LogP contribution in [0.15, 0.2) is 138 Å². The molecule has 1 heterocycles. The van der Waals surface area contributed by atoms with Crippen LogP contribution in [-0.4, -0.2) is 17.3 Å². The number of halogens is 1. The molecular formula is C33H26BrNO2S2. The molecule has 0 amide bonds. The third kappa shape index (κ3) is 7.15. The third-order valence-corrected chi connectivity index (χ3v) is 8.57. The van der Waals surface area contributed by atoms with Crippen molar-refractivity contribution in [3.63, 3.8) is 0 Å². The molecule has 0 N–H and O–H groups in total. The van der Waals surface area contributed by atoms with E-state index >= 15 is 0 Å². The van der Waals surface area contributed by atoms with Gasteiger partial charge in [0.2, 0.25) is 0 Å². The summed E-state index contributed by atoms with van der Waals surface area (Å²) in [6, 6.07) is 39.0. The Kier molecular flexibility index (Phi) is 10.3. The molecular weight excluding hydrogens is 586 g/mol. The molecule has 5 rings (SSSR count). The van der Waals surface area contributed by atoms with E-state index in [0.29, 0.717) is 22.6 Å². The Balaban J connectivity index is 0.00000353. The number of nitrogens with zero attached hydrogens (tertiary/aromatic N) is 1. The van der Waals surface area contributed by atoms with Gasteiger partial charge in [0.25, 0.3) is 11.5 Å². The number of aromatic nitrogens is 1. The van der Waals surface area contributed by atoms with E-state index in [9.17, 15) is 9.59 Å². The van der Waals surface area contributed by atoms with Crippen molar-refractivity contribution < 1.29 is 31.1 Å². The average molecular weight is 613 g/mol. The van der Waals surface area contributed by atoms with Crippen LogP contribution in [0, 0.1) is 0 Å². The van der Waals surface area contributed by atoms with Gasteiger partial charge < -0.3 is 17.0 Å². The number of allylic oxidation sites excluding steroid dienone is 1. The smallest absolute Gasteiger partial charge is 0.279 e. The van der Waals surface area contributed by atoms with Crippen molar-refractivity contribution in [2.24, 2.45) is 0 Å². The van der Waals surface area contributed by atoms with Gasteiger partial charge in [0.15, 0.2) is 18.2 Å². The minimum Gasteiger partial charge on any atom is -1.00 e. The van der Waals surface area contributed by atoms with Crippen LogP contribution in [0.4, 0.5) is 0 Å². The number of carbonyl (C=O) groups excluding carboxylic acids is 2. The summed E-state index contributed by atoms with van der Waals surface area (Å²) < 4.78 is 2.67. The van der Waals surface area contributed by atoms with Gasteiger partial charge in [-0.25, -0.2) is 0 Å². The lowest BCUT2D eigenvalue weighted by Crippen LogP contribution is -3.00. The van der Waals surface area contributed by atoms with Gasteiger partial charge in [-0.3, -0.25) is 9.59 Å². The van der Waals surface area contributed by atoms with Crippen LogP contribution in [0.2, 0.25) is 0 Å². The number of thioether (sulfide) groups is 2. The molecule has 0 aliphatic carbocycles. The Labute approximate surface area is 247 Å². The summed E-state index contributed by atoms with van der Waals surface area (Å²) in [4.78, 5) is 27.0. The van der Waals surface area contributed by atoms with E-state index in [4.69, 9.17) is 0 Å². The van der Waals surface area contributed by atoms with Gasteiger partial charge in [-0.15, -0.1) is 23.5 Å². The number of hydrogen-bond donors (Lipinski definition) is 0. The van der Waals surface area contributed by atoms with Gasteiger partial charge in [-0.1, -0.05) is 109 Å². The molecule has 4 aromatic carbocycles. The molecule has 3 nitrogen and oxygen atoms in total. The van der Waals surface area contributed by atoms with E-state index in [1.807, 2.05) is 108 Å². The lowest BCUT2D eigenvalue weighted by molar-refractivity contribution is -0.576. The first-order valence-corrected chi connectivity index (χ1v) is 14.3. The van der Waals surface area contributed by atoms with Crippen LogP contribution in [0.5, 0.6) is 0 Å². The Morgan fingerprint density at radius 1 is 0.615 bits per heavy atom. The molecule has 1 aromatic heterocycles. The average Bonchev–Trinajstić information content (AvgIpc) is 2.99. The molecule has 0 saturated carbocycles. The molecule has 0 aliphatic rings. The van der Waals surface area contributed by atoms with Crippen LogP contribution >= 0.6 is 23.5 Å². The molecule has 0 spiro atoms. The number of benzene rings is 4. The molecule has 0 radical (unpaired) electrons. The highest BCUT2D eigenvalue weighted by Crippen LogP contribution is 2.37. The molecule has 6 heteroatoms. The molecule has 5 aromatic rings. The summed E-state index contributed by atoms with van der Waals surface area (Å²) in [5.74, 6) is 0.855. The van der Waals surface area contributed by atoms with Crippen molar-refractivity contribution in [1.82, 2.24) is 0 Å². The van der Waals surface area contributed by atoms with Gasteiger partial charge in [0, 0.05) is 29.0 Å². The first-order valence-electron chi connectivity index (χ1n) is 12.3. The predicted octanol–water partition coefficient (Wildman–Crippen LogP) is 4.69. The number of Topliss-reactive ketones (excluding diaryl/α,β-unsaturated/α-hetero) is 2. The second-order valence-electron chi connectivity index (χ2n) is 8.62. The highest BCUT2D eigenvalue weighted by Gasteiger charge is 2.28. The lowest BCUT2D eigenvalue weighted by atomic mass is 10.1. The minimum absolute atomic E-state index is 0. The third-order valence-electron chi connectivity index (χ3n) is 6.09. The number of hydrogen-bond acceptors (Lipinski definition) is 4. The summed E-state index contributed by atoms with van der Waals surface area (Å²) in [6.45, 7) is 0. The number of rotatable bonds is 10. The second-order valence-corrected chi connectivity index (χ2v) is 10.8. The van der Waals surface area contributed by atoms with Crippen molar-refractivity contribution in [1.29, 1.82) is 0 Å². The molecule has 39 heavy (non-hydrogen) atoms. The standard InChI is InChI=1S/C33H26NO2S2.BrH/c35-30(26-14-4-1-5-15-26)24-38-33(37-23-28-19-12-18-25-13-8-9-20-29(25)28)31(34-21-10-3-11-22-34)32(36)27-16-6-2-7-17-27;/h1-22H,23-24H2;1H/q+1;/p-1/b33-31-;. The SMILES string of the molecule is O=C(CS/C(SCc1cccc2ccccc12)=C(/C(=O)c1ccccc1)[n+]1ccccc1)c1ccccc1.[Br-]. The monoisotopic (exact) mass is 611 g/mol. The second kappa shape index (κ2) is 14.1. The first-order chi connectivity index (χ1) is 18.7. The molecule has 0 saturated heterocycles. The zero-order chi connectivity index (χ0) is 26.2. The summed E-state index contributed by atoms with van der Waals surface area (Å²) in [7, 11) is 0. The fourth-order valence-corrected chi connectivity index (χ4v) is 6.49. The molecule has 0 bridgehead atoms. The topological polar surface area (TPSA) is 38.0 Å². The van der Waals surface area contributed by atoms with Crippen LogP contribution in [-0.2, 0) is 5.75 Å². The minimum atomic E-state index is -0.0816. The fraction of sp³-hybridized carbons (Fsp3) is 0.0606. The largest absolute Gasteiger partial charge is 1.00 e. The fourth-order valence-electron chi connectivity index (χ4n) is 4.17. The molecule has 194 valence electrons. The Morgan fingerprint density at radius 3 is 1.92 bits per heavy atom. The Morgan fingerprint density at radius 2 is 1.21 bits per heavy atom. The van der Waals surface area contributed by atoms with Gasteiger partial charge in [-0.2, -0.15) is 4.57 Å². The highest BCUT2D eigenvalue weighted by molar-refractivity contribution is 8.22. The van der Waals surface area contributed by atoms with Crippen molar-refractivity contribution in [3.05, 3.63) is 155 Å². The van der Waals surface area contributed by atoms with Crippen LogP contribution in [0.1, 0.15) is 26.3 Å². The maximum Gasteiger partial charge on any atom is 0.279 e. The number of pyridine rings is 1. The molecule has 0 fully saturated rings. The maximum atomic E-state index is 13.9. The summed E-state index contributed by atoms with van der Waals surface area (Å²) in [5, 5.41) is 2.37. The van der Waals surface area contributed by atoms with Gasteiger partial charge >= 0.3 is 0 Å². The van der Waals surface area contributed by atoms with E-state index in [1.54, 1.807) is 11.8 Å². The number of ketones is 2. The maximum absolute atomic E-state index is 13.9. The Bertz CT molecular complexity index is 1580. The van der Waals surface area contributed by atoms with E-state index in [-0.39, 0.29) is 34.3 Å². The van der Waals surface area contributed by atoms with Crippen molar-refractivity contribution in [2.75, 3.05) is 5.75 Å². The summed E-state index contributed by atoms with van der Waals surface area (Å²) >= 11 is 3.03. The quantitative estimate of drug-likeness (QED) is 0.130.